The van der Waals surface area contributed by atoms with E-state index < -0.39 is 0 Å². The van der Waals surface area contributed by atoms with E-state index >= 15 is 0 Å². The van der Waals surface area contributed by atoms with E-state index in [2.05, 4.69) is 6.92 Å². The lowest BCUT2D eigenvalue weighted by Crippen LogP contribution is -2.38. The van der Waals surface area contributed by atoms with E-state index in [1.807, 2.05) is 30.0 Å². The van der Waals surface area contributed by atoms with Crippen molar-refractivity contribution in [3.8, 4) is 0 Å². The van der Waals surface area contributed by atoms with Crippen molar-refractivity contribution < 1.29 is 4.79 Å². The molecule has 1 aromatic carbocycles. The maximum absolute atomic E-state index is 12.5. The minimum Gasteiger partial charge on any atom is -0.398 e. The maximum Gasteiger partial charge on any atom is 0.255 e. The van der Waals surface area contributed by atoms with Gasteiger partial charge in [-0.25, -0.2) is 0 Å². The third-order valence-corrected chi connectivity index (χ3v) is 4.15. The maximum atomic E-state index is 12.5. The monoisotopic (exact) mass is 260 g/mol. The number of piperidine rings is 1. The summed E-state index contributed by atoms with van der Waals surface area (Å²) < 4.78 is 0. The molecule has 1 aliphatic heterocycles. The lowest BCUT2D eigenvalue weighted by molar-refractivity contribution is 0.0687. The number of hydrogen-bond donors (Lipinski definition) is 1. The highest BCUT2D eigenvalue weighted by atomic mass is 16.2. The molecule has 19 heavy (non-hydrogen) atoms. The van der Waals surface area contributed by atoms with E-state index in [1.165, 1.54) is 12.8 Å². The summed E-state index contributed by atoms with van der Waals surface area (Å²) in [4.78, 5) is 14.4. The van der Waals surface area contributed by atoms with Crippen LogP contribution in [0.2, 0.25) is 0 Å². The zero-order valence-corrected chi connectivity index (χ0v) is 12.0. The van der Waals surface area contributed by atoms with Crippen LogP contribution in [-0.2, 0) is 0 Å². The highest BCUT2D eigenvalue weighted by Crippen LogP contribution is 2.25. The van der Waals surface area contributed by atoms with Gasteiger partial charge in [0.05, 0.1) is 5.56 Å². The number of nitrogen functional groups attached to an aromatic ring is 1. The van der Waals surface area contributed by atoms with Gasteiger partial charge < -0.3 is 10.6 Å². The smallest absolute Gasteiger partial charge is 0.255 e. The fraction of sp³-hybridized carbons (Fsp3) is 0.562. The molecule has 104 valence electrons. The van der Waals surface area contributed by atoms with Crippen LogP contribution in [0.3, 0.4) is 0 Å². The molecular weight excluding hydrogens is 236 g/mol. The first-order chi connectivity index (χ1) is 9.13. The van der Waals surface area contributed by atoms with Gasteiger partial charge in [-0.3, -0.25) is 4.79 Å². The SMILES string of the molecule is CCCC1CCN(C(=O)c2cccc(C)c2N)CC1. The minimum atomic E-state index is 0.0937. The molecule has 1 fully saturated rings. The molecule has 0 spiro atoms. The average molecular weight is 260 g/mol. The van der Waals surface area contributed by atoms with Gasteiger partial charge in [-0.15, -0.1) is 0 Å². The van der Waals surface area contributed by atoms with E-state index in [0.29, 0.717) is 11.3 Å². The van der Waals surface area contributed by atoms with Crippen LogP contribution in [0, 0.1) is 12.8 Å². The molecule has 1 aliphatic rings. The molecule has 0 aromatic heterocycles. The number of amides is 1. The molecular formula is C16H24N2O. The predicted octanol–water partition coefficient (Wildman–Crippen LogP) is 3.23. The van der Waals surface area contributed by atoms with Crippen LogP contribution in [0.5, 0.6) is 0 Å². The molecule has 0 radical (unpaired) electrons. The number of likely N-dealkylation sites (tertiary alicyclic amines) is 1. The summed E-state index contributed by atoms with van der Waals surface area (Å²) >= 11 is 0. The Bertz CT molecular complexity index is 448. The molecule has 1 heterocycles. The molecule has 0 saturated carbocycles. The van der Waals surface area contributed by atoms with E-state index in [-0.39, 0.29) is 5.91 Å². The molecule has 2 N–H and O–H groups in total. The number of benzene rings is 1. The molecule has 1 aromatic rings. The van der Waals surface area contributed by atoms with Gasteiger partial charge in [0.15, 0.2) is 0 Å². The summed E-state index contributed by atoms with van der Waals surface area (Å²) in [5.74, 6) is 0.889. The van der Waals surface area contributed by atoms with Crippen LogP contribution in [0.25, 0.3) is 0 Å². The van der Waals surface area contributed by atoms with Crippen LogP contribution >= 0.6 is 0 Å². The van der Waals surface area contributed by atoms with Gasteiger partial charge in [0, 0.05) is 18.8 Å². The van der Waals surface area contributed by atoms with Crippen molar-refractivity contribution in [1.82, 2.24) is 4.90 Å². The van der Waals surface area contributed by atoms with Crippen molar-refractivity contribution in [1.29, 1.82) is 0 Å². The first-order valence-corrected chi connectivity index (χ1v) is 7.27. The lowest BCUT2D eigenvalue weighted by Gasteiger charge is -2.32. The normalized spacial score (nSPS) is 16.6. The Morgan fingerprint density at radius 2 is 2.05 bits per heavy atom. The fourth-order valence-electron chi connectivity index (χ4n) is 2.87. The van der Waals surface area contributed by atoms with Crippen molar-refractivity contribution in [3.63, 3.8) is 0 Å². The Balaban J connectivity index is 2.03. The number of carbonyl (C=O) groups excluding carboxylic acids is 1. The molecule has 1 saturated heterocycles. The number of nitrogens with zero attached hydrogens (tertiary/aromatic N) is 1. The van der Waals surface area contributed by atoms with Crippen molar-refractivity contribution in [2.45, 2.75) is 39.5 Å². The number of nitrogens with two attached hydrogens (primary N) is 1. The third kappa shape index (κ3) is 3.09. The molecule has 3 nitrogen and oxygen atoms in total. The van der Waals surface area contributed by atoms with Gasteiger partial charge in [0.1, 0.15) is 0 Å². The number of aryl methyl sites for hydroxylation is 1. The van der Waals surface area contributed by atoms with Crippen LogP contribution in [0.15, 0.2) is 18.2 Å². The Morgan fingerprint density at radius 1 is 1.37 bits per heavy atom. The van der Waals surface area contributed by atoms with E-state index in [4.69, 9.17) is 5.73 Å². The molecule has 3 heteroatoms. The second-order valence-corrected chi connectivity index (χ2v) is 5.56. The Morgan fingerprint density at radius 3 is 2.68 bits per heavy atom. The number of rotatable bonds is 3. The summed E-state index contributed by atoms with van der Waals surface area (Å²) in [6, 6.07) is 5.69. The predicted molar refractivity (Wildman–Crippen MR) is 79.1 cm³/mol. The van der Waals surface area contributed by atoms with Gasteiger partial charge in [0.2, 0.25) is 0 Å². The highest BCUT2D eigenvalue weighted by molar-refractivity contribution is 5.99. The third-order valence-electron chi connectivity index (χ3n) is 4.15. The first kappa shape index (κ1) is 13.9. The Kier molecular flexibility index (Phi) is 4.46. The second kappa shape index (κ2) is 6.09. The van der Waals surface area contributed by atoms with E-state index in [9.17, 15) is 4.79 Å². The molecule has 0 atom stereocenters. The second-order valence-electron chi connectivity index (χ2n) is 5.56. The Hall–Kier alpha value is -1.51. The van der Waals surface area contributed by atoms with Gasteiger partial charge in [-0.05, 0) is 37.3 Å². The van der Waals surface area contributed by atoms with Crippen molar-refractivity contribution >= 4 is 11.6 Å². The summed E-state index contributed by atoms with van der Waals surface area (Å²) in [7, 11) is 0. The van der Waals surface area contributed by atoms with Gasteiger partial charge in [-0.1, -0.05) is 31.9 Å². The number of anilines is 1. The van der Waals surface area contributed by atoms with Gasteiger partial charge in [0.25, 0.3) is 5.91 Å². The molecule has 0 bridgehead atoms. The number of carbonyl (C=O) groups is 1. The van der Waals surface area contributed by atoms with E-state index in [1.54, 1.807) is 0 Å². The summed E-state index contributed by atoms with van der Waals surface area (Å²) in [6.07, 6.45) is 4.79. The minimum absolute atomic E-state index is 0.0937. The average Bonchev–Trinajstić information content (AvgIpc) is 2.42. The molecule has 0 unspecified atom stereocenters. The number of hydrogen-bond acceptors (Lipinski definition) is 2. The van der Waals surface area contributed by atoms with Crippen LogP contribution in [-0.4, -0.2) is 23.9 Å². The first-order valence-electron chi connectivity index (χ1n) is 7.27. The van der Waals surface area contributed by atoms with Crippen molar-refractivity contribution in [2.75, 3.05) is 18.8 Å². The fourth-order valence-corrected chi connectivity index (χ4v) is 2.87. The van der Waals surface area contributed by atoms with Crippen molar-refractivity contribution in [3.05, 3.63) is 29.3 Å². The Labute approximate surface area is 115 Å². The van der Waals surface area contributed by atoms with Crippen LogP contribution < -0.4 is 5.73 Å². The highest BCUT2D eigenvalue weighted by Gasteiger charge is 2.24. The standard InChI is InChI=1S/C16H24N2O/c1-3-5-13-8-10-18(11-9-13)16(19)14-7-4-6-12(2)15(14)17/h4,6-7,13H,3,5,8-11,17H2,1-2H3. The largest absolute Gasteiger partial charge is 0.398 e. The molecule has 2 rings (SSSR count). The zero-order valence-electron chi connectivity index (χ0n) is 12.0. The summed E-state index contributed by atoms with van der Waals surface area (Å²) in [5, 5.41) is 0. The van der Waals surface area contributed by atoms with E-state index in [0.717, 1.165) is 37.4 Å². The zero-order chi connectivity index (χ0) is 13.8. The van der Waals surface area contributed by atoms with Gasteiger partial charge >= 0.3 is 0 Å². The molecule has 1 amide bonds. The van der Waals surface area contributed by atoms with Crippen LogP contribution in [0.4, 0.5) is 5.69 Å². The molecule has 0 aliphatic carbocycles. The quantitative estimate of drug-likeness (QED) is 0.848. The summed E-state index contributed by atoms with van der Waals surface area (Å²) in [6.45, 7) is 5.92. The number of para-hydroxylation sites is 1. The topological polar surface area (TPSA) is 46.3 Å². The lowest BCUT2D eigenvalue weighted by atomic mass is 9.92. The summed E-state index contributed by atoms with van der Waals surface area (Å²) in [5.41, 5.74) is 8.29. The van der Waals surface area contributed by atoms with Gasteiger partial charge in [-0.2, -0.15) is 0 Å². The van der Waals surface area contributed by atoms with Crippen LogP contribution in [0.1, 0.15) is 48.5 Å². The van der Waals surface area contributed by atoms with Crippen molar-refractivity contribution in [2.24, 2.45) is 5.92 Å².